The summed E-state index contributed by atoms with van der Waals surface area (Å²) in [6, 6.07) is 0.587. The van der Waals surface area contributed by atoms with Crippen molar-refractivity contribution in [2.75, 3.05) is 39.6 Å². The minimum atomic E-state index is 0.157. The molecule has 3 aliphatic heterocycles. The second-order valence-corrected chi connectivity index (χ2v) is 7.48. The van der Waals surface area contributed by atoms with Crippen molar-refractivity contribution in [1.82, 2.24) is 9.80 Å². The lowest BCUT2D eigenvalue weighted by Gasteiger charge is -2.61. The van der Waals surface area contributed by atoms with Crippen LogP contribution in [-0.4, -0.2) is 67.1 Å². The molecule has 0 N–H and O–H groups in total. The number of nitrogens with zero attached hydrogens (tertiary/aromatic N) is 2. The van der Waals surface area contributed by atoms with Gasteiger partial charge >= 0.3 is 0 Å². The molecule has 19 heavy (non-hydrogen) atoms. The van der Waals surface area contributed by atoms with Crippen LogP contribution >= 0.6 is 0 Å². The Morgan fingerprint density at radius 3 is 2.32 bits per heavy atom. The molecule has 3 aliphatic rings. The summed E-state index contributed by atoms with van der Waals surface area (Å²) in [6.07, 6.45) is 1.51. The average Bonchev–Trinajstić information content (AvgIpc) is 2.25. The average molecular weight is 268 g/mol. The zero-order chi connectivity index (χ0) is 13.7. The van der Waals surface area contributed by atoms with Gasteiger partial charge in [-0.1, -0.05) is 0 Å². The second-order valence-electron chi connectivity index (χ2n) is 7.48. The predicted octanol–water partition coefficient (Wildman–Crippen LogP) is 1.55. The summed E-state index contributed by atoms with van der Waals surface area (Å²) in [7, 11) is 0. The summed E-state index contributed by atoms with van der Waals surface area (Å²) in [6.45, 7) is 15.4. The quantitative estimate of drug-likeness (QED) is 0.775. The molecule has 0 aromatic rings. The van der Waals surface area contributed by atoms with E-state index >= 15 is 0 Å². The molecule has 3 rings (SSSR count). The van der Waals surface area contributed by atoms with Crippen LogP contribution in [-0.2, 0) is 9.47 Å². The van der Waals surface area contributed by atoms with Gasteiger partial charge in [0.05, 0.1) is 26.0 Å². The van der Waals surface area contributed by atoms with Crippen LogP contribution in [0.1, 0.15) is 34.1 Å². The molecule has 3 heterocycles. The maximum atomic E-state index is 6.15. The molecule has 3 fully saturated rings. The van der Waals surface area contributed by atoms with Crippen LogP contribution in [0.25, 0.3) is 0 Å². The summed E-state index contributed by atoms with van der Waals surface area (Å²) in [5.41, 5.74) is 0.653. The third-order valence-corrected chi connectivity index (χ3v) is 5.32. The largest absolute Gasteiger partial charge is 0.380 e. The minimum Gasteiger partial charge on any atom is -0.380 e. The van der Waals surface area contributed by atoms with Crippen molar-refractivity contribution in [3.8, 4) is 0 Å². The predicted molar refractivity (Wildman–Crippen MR) is 75.1 cm³/mol. The molecule has 0 aliphatic carbocycles. The van der Waals surface area contributed by atoms with Gasteiger partial charge in [0.1, 0.15) is 0 Å². The van der Waals surface area contributed by atoms with Crippen molar-refractivity contribution in [3.63, 3.8) is 0 Å². The molecule has 1 unspecified atom stereocenters. The van der Waals surface area contributed by atoms with Crippen LogP contribution < -0.4 is 0 Å². The Hall–Kier alpha value is -0.160. The SMILES string of the molecule is CC(C)N1CCC(C(C)(C)N2CC3(COC3)C2)OC1. The highest BCUT2D eigenvalue weighted by Gasteiger charge is 2.54. The number of hydrogen-bond donors (Lipinski definition) is 0. The summed E-state index contributed by atoms with van der Waals surface area (Å²) < 4.78 is 11.5. The van der Waals surface area contributed by atoms with E-state index in [4.69, 9.17) is 9.47 Å². The van der Waals surface area contributed by atoms with Crippen molar-refractivity contribution in [1.29, 1.82) is 0 Å². The van der Waals surface area contributed by atoms with Crippen LogP contribution in [0.2, 0.25) is 0 Å². The number of rotatable bonds is 3. The van der Waals surface area contributed by atoms with Crippen LogP contribution in [0.3, 0.4) is 0 Å². The Bertz CT molecular complexity index is 323. The Labute approximate surface area is 117 Å². The third kappa shape index (κ3) is 2.33. The van der Waals surface area contributed by atoms with E-state index < -0.39 is 0 Å². The highest BCUT2D eigenvalue weighted by Crippen LogP contribution is 2.43. The smallest absolute Gasteiger partial charge is 0.0997 e. The van der Waals surface area contributed by atoms with Crippen LogP contribution in [0.4, 0.5) is 0 Å². The van der Waals surface area contributed by atoms with Crippen molar-refractivity contribution in [2.45, 2.75) is 51.8 Å². The fourth-order valence-electron chi connectivity index (χ4n) is 3.53. The Morgan fingerprint density at radius 2 is 1.89 bits per heavy atom. The number of hydrogen-bond acceptors (Lipinski definition) is 4. The molecule has 4 heteroatoms. The Morgan fingerprint density at radius 1 is 1.21 bits per heavy atom. The molecule has 0 amide bonds. The monoisotopic (exact) mass is 268 g/mol. The maximum Gasteiger partial charge on any atom is 0.0997 e. The van der Waals surface area contributed by atoms with E-state index in [9.17, 15) is 0 Å². The second kappa shape index (κ2) is 4.69. The van der Waals surface area contributed by atoms with E-state index in [2.05, 4.69) is 37.5 Å². The highest BCUT2D eigenvalue weighted by atomic mass is 16.5. The summed E-state index contributed by atoms with van der Waals surface area (Å²) in [5, 5.41) is 0. The molecule has 0 radical (unpaired) electrons. The van der Waals surface area contributed by atoms with Gasteiger partial charge in [0.15, 0.2) is 0 Å². The summed E-state index contributed by atoms with van der Waals surface area (Å²) in [5.74, 6) is 0. The van der Waals surface area contributed by atoms with Gasteiger partial charge in [0.2, 0.25) is 0 Å². The van der Waals surface area contributed by atoms with Gasteiger partial charge in [-0.15, -0.1) is 0 Å². The molecular formula is C15H28N2O2. The molecular weight excluding hydrogens is 240 g/mol. The van der Waals surface area contributed by atoms with Gasteiger partial charge in [0, 0.05) is 36.6 Å². The lowest BCUT2D eigenvalue weighted by Crippen LogP contribution is -2.73. The van der Waals surface area contributed by atoms with Gasteiger partial charge < -0.3 is 9.47 Å². The van der Waals surface area contributed by atoms with Crippen LogP contribution in [0.15, 0.2) is 0 Å². The van der Waals surface area contributed by atoms with Gasteiger partial charge in [-0.2, -0.15) is 0 Å². The third-order valence-electron chi connectivity index (χ3n) is 5.32. The van der Waals surface area contributed by atoms with E-state index in [1.807, 2.05) is 0 Å². The topological polar surface area (TPSA) is 24.9 Å². The van der Waals surface area contributed by atoms with E-state index in [1.165, 1.54) is 13.1 Å². The fraction of sp³-hybridized carbons (Fsp3) is 1.00. The Kier molecular flexibility index (Phi) is 3.41. The first kappa shape index (κ1) is 13.8. The minimum absolute atomic E-state index is 0.157. The molecule has 110 valence electrons. The van der Waals surface area contributed by atoms with E-state index in [0.29, 0.717) is 17.6 Å². The number of likely N-dealkylation sites (tertiary alicyclic amines) is 1. The number of ether oxygens (including phenoxy) is 2. The molecule has 3 saturated heterocycles. The summed E-state index contributed by atoms with van der Waals surface area (Å²) in [4.78, 5) is 5.00. The van der Waals surface area contributed by atoms with Gasteiger partial charge in [-0.3, -0.25) is 9.80 Å². The summed E-state index contributed by atoms with van der Waals surface area (Å²) >= 11 is 0. The van der Waals surface area contributed by atoms with Gasteiger partial charge in [-0.05, 0) is 34.1 Å². The van der Waals surface area contributed by atoms with Gasteiger partial charge in [-0.25, -0.2) is 0 Å². The first-order valence-corrected chi connectivity index (χ1v) is 7.61. The lowest BCUT2D eigenvalue weighted by atomic mass is 9.74. The standard InChI is InChI=1S/C15H28N2O2/c1-12(2)16-6-5-13(19-11-16)14(3,4)17-7-15(8-17)9-18-10-15/h12-13H,5-11H2,1-4H3. The first-order valence-electron chi connectivity index (χ1n) is 7.61. The van der Waals surface area contributed by atoms with Crippen molar-refractivity contribution in [3.05, 3.63) is 0 Å². The van der Waals surface area contributed by atoms with Crippen molar-refractivity contribution in [2.24, 2.45) is 5.41 Å². The zero-order valence-corrected chi connectivity index (χ0v) is 12.8. The molecule has 4 nitrogen and oxygen atoms in total. The van der Waals surface area contributed by atoms with Crippen LogP contribution in [0.5, 0.6) is 0 Å². The van der Waals surface area contributed by atoms with E-state index in [0.717, 1.165) is 32.9 Å². The van der Waals surface area contributed by atoms with E-state index in [1.54, 1.807) is 0 Å². The molecule has 0 aromatic heterocycles. The first-order chi connectivity index (χ1) is 8.93. The molecule has 1 spiro atoms. The lowest BCUT2D eigenvalue weighted by molar-refractivity contribution is -0.232. The van der Waals surface area contributed by atoms with Crippen molar-refractivity contribution < 1.29 is 9.47 Å². The van der Waals surface area contributed by atoms with Gasteiger partial charge in [0.25, 0.3) is 0 Å². The normalized spacial score (nSPS) is 32.4. The highest BCUT2D eigenvalue weighted by molar-refractivity contribution is 5.06. The molecule has 0 saturated carbocycles. The molecule has 0 aromatic carbocycles. The molecule has 0 bridgehead atoms. The zero-order valence-electron chi connectivity index (χ0n) is 12.8. The van der Waals surface area contributed by atoms with Crippen LogP contribution in [0, 0.1) is 5.41 Å². The fourth-order valence-corrected chi connectivity index (χ4v) is 3.53. The van der Waals surface area contributed by atoms with Crippen molar-refractivity contribution >= 4 is 0 Å². The molecule has 1 atom stereocenters. The Balaban J connectivity index is 1.54. The van der Waals surface area contributed by atoms with E-state index in [-0.39, 0.29) is 5.54 Å². The maximum absolute atomic E-state index is 6.15.